The summed E-state index contributed by atoms with van der Waals surface area (Å²) in [6.07, 6.45) is 24.1. The lowest BCUT2D eigenvalue weighted by Crippen LogP contribution is -2.15. The Morgan fingerprint density at radius 1 is 0.239 bits per heavy atom. The Kier molecular flexibility index (Phi) is 44.6. The summed E-state index contributed by atoms with van der Waals surface area (Å²) in [5.74, 6) is 21.1. The fourth-order valence-electron chi connectivity index (χ4n) is 16.1. The van der Waals surface area contributed by atoms with Gasteiger partial charge in [0.1, 0.15) is 110 Å². The molecule has 730 valence electrons. The number of unbranched alkanes of at least 4 members (excludes halogenated alkanes) is 1. The quantitative estimate of drug-likeness (QED) is 0.0341. The Labute approximate surface area is 826 Å². The minimum atomic E-state index is 0.438. The first kappa shape index (κ1) is 106. The molecule has 13 aromatic rings. The van der Waals surface area contributed by atoms with Crippen molar-refractivity contribution in [1.29, 1.82) is 0 Å². The first-order valence-electron chi connectivity index (χ1n) is 51.0. The summed E-state index contributed by atoms with van der Waals surface area (Å²) >= 11 is 0. The molecule has 13 heteroatoms. The molecule has 3 aliphatic rings. The number of nitrogens with zero attached hydrogens (tertiary/aromatic N) is 1. The molecule has 16 rings (SSSR count). The van der Waals surface area contributed by atoms with Gasteiger partial charge in [0.25, 0.3) is 0 Å². The Morgan fingerprint density at radius 3 is 0.761 bits per heavy atom. The van der Waals surface area contributed by atoms with Gasteiger partial charge in [-0.2, -0.15) is 0 Å². The number of rotatable bonds is 38. The largest absolute Gasteiger partial charge is 0.493 e. The van der Waals surface area contributed by atoms with Crippen LogP contribution in [0.15, 0.2) is 316 Å². The third-order valence-corrected chi connectivity index (χ3v) is 24.7. The maximum absolute atomic E-state index is 5.99. The van der Waals surface area contributed by atoms with E-state index in [1.165, 1.54) is 130 Å². The molecule has 13 nitrogen and oxygen atoms in total. The van der Waals surface area contributed by atoms with E-state index in [1.54, 1.807) is 6.20 Å². The van der Waals surface area contributed by atoms with Crippen LogP contribution in [0.4, 0.5) is 0 Å². The molecule has 1 aromatic heterocycles. The summed E-state index contributed by atoms with van der Waals surface area (Å²) in [4.78, 5) is 4.25. The number of benzene rings is 12. The van der Waals surface area contributed by atoms with Crippen LogP contribution in [-0.2, 0) is 6.61 Å². The third-order valence-electron chi connectivity index (χ3n) is 24.7. The Bertz CT molecular complexity index is 5520. The molecular formula is C125H153NO12. The van der Waals surface area contributed by atoms with Gasteiger partial charge in [-0.15, -0.1) is 0 Å². The van der Waals surface area contributed by atoms with Crippen LogP contribution in [0.5, 0.6) is 103 Å². The Hall–Kier alpha value is -12.6. The van der Waals surface area contributed by atoms with Crippen LogP contribution >= 0.6 is 0 Å². The fraction of sp³-hybridized carbons (Fsp3) is 0.384. The minimum Gasteiger partial charge on any atom is -0.493 e. The Morgan fingerprint density at radius 2 is 0.493 bits per heavy atom. The molecule has 0 unspecified atom stereocenters. The van der Waals surface area contributed by atoms with Crippen LogP contribution < -0.4 is 56.8 Å². The van der Waals surface area contributed by atoms with E-state index in [9.17, 15) is 0 Å². The van der Waals surface area contributed by atoms with Crippen molar-refractivity contribution in [1.82, 2.24) is 4.98 Å². The smallest absolute Gasteiger partial charge is 0.131 e. The third kappa shape index (κ3) is 39.1. The molecule has 0 saturated heterocycles. The van der Waals surface area contributed by atoms with Gasteiger partial charge in [0.15, 0.2) is 0 Å². The number of ether oxygens (including phenoxy) is 12. The van der Waals surface area contributed by atoms with Gasteiger partial charge < -0.3 is 56.8 Å². The van der Waals surface area contributed by atoms with Crippen molar-refractivity contribution in [2.45, 2.75) is 255 Å². The first-order chi connectivity index (χ1) is 67.0. The molecule has 3 aliphatic carbocycles. The molecule has 0 N–H and O–H groups in total. The van der Waals surface area contributed by atoms with Crippen LogP contribution in [0.2, 0.25) is 0 Å². The van der Waals surface area contributed by atoms with E-state index in [2.05, 4.69) is 182 Å². The van der Waals surface area contributed by atoms with Crippen molar-refractivity contribution in [3.05, 3.63) is 355 Å². The van der Waals surface area contributed by atoms with Crippen molar-refractivity contribution < 1.29 is 56.8 Å². The molecule has 0 radical (unpaired) electrons. The van der Waals surface area contributed by atoms with Gasteiger partial charge >= 0.3 is 0 Å². The highest BCUT2D eigenvalue weighted by molar-refractivity contribution is 5.45. The molecule has 0 aliphatic heterocycles. The normalized spacial score (nSPS) is 13.1. The standard InChI is InChI=1S/C23H30O2.C22H28O2.C21H21NO2.C21H26O2.2C19H24O2/c1-18(2)20-11-13-21(14-12-20)25-23-10-6-9-22(17-23)24-16-15-19-7-4-3-5-8-19;1-17(2)19-11-13-20(14-12-19)24-22-10-6-9-21(15-22)23-16-18-7-4-3-5-8-18;1-16(2)17-9-11-19(12-10-17)24-21-8-5-7-20(14-21)23-15-18-6-3-4-13-22-18;1-16(2)18-10-12-19(13-11-18)23-21-9-5-8-20(14-21)22-15-17-6-3-4-7-17;1-14(2)13-20-18-6-5-7-19(12-18)21-17-10-8-16(9-11-17)15(3)4;1-4-5-13-20-18-7-6-8-19(14-18)21-17-11-9-16(10-12-17)15(2)3/h6,9-14,17-19H,3-5,7-8,15-16H2,1-2H3;6,9-15,17-18H,3-5,7-8,16H2,1-2H3;3-14,16H,15H2,1-2H3;5,8-14,16-17H,3-4,6-7,15H2,1-2H3;5-12,14-15H,13H2,1-4H3;6-12,14-15H,4-5,13H2,1-3H3. The summed E-state index contributed by atoms with van der Waals surface area (Å²) in [5, 5.41) is 0. The van der Waals surface area contributed by atoms with E-state index >= 15 is 0 Å². The lowest BCUT2D eigenvalue weighted by Gasteiger charge is -2.21. The molecule has 3 fully saturated rings. The van der Waals surface area contributed by atoms with Gasteiger partial charge in [0, 0.05) is 42.6 Å². The van der Waals surface area contributed by atoms with Crippen LogP contribution in [0.25, 0.3) is 0 Å². The minimum absolute atomic E-state index is 0.438. The van der Waals surface area contributed by atoms with Crippen molar-refractivity contribution in [3.8, 4) is 103 Å². The Balaban J connectivity index is 0.000000159. The van der Waals surface area contributed by atoms with E-state index in [4.69, 9.17) is 56.8 Å². The van der Waals surface area contributed by atoms with E-state index in [1.807, 2.05) is 237 Å². The van der Waals surface area contributed by atoms with Crippen LogP contribution in [0.1, 0.15) is 288 Å². The predicted molar refractivity (Wildman–Crippen MR) is 568 cm³/mol. The average Bonchev–Trinajstić information content (AvgIpc) is 1.02. The van der Waals surface area contributed by atoms with Gasteiger partial charge in [0.05, 0.1) is 38.7 Å². The number of hydrogen-bond acceptors (Lipinski definition) is 13. The van der Waals surface area contributed by atoms with Gasteiger partial charge in [-0.3, -0.25) is 4.98 Å². The van der Waals surface area contributed by atoms with Gasteiger partial charge in [-0.25, -0.2) is 0 Å². The van der Waals surface area contributed by atoms with Crippen LogP contribution in [0, 0.1) is 23.7 Å². The van der Waals surface area contributed by atoms with Gasteiger partial charge in [-0.05, 0) is 289 Å². The SMILES string of the molecule is CC(C)COc1cccc(Oc2ccc(C(C)C)cc2)c1.CC(C)c1ccc(Oc2cccc(OCC3CCCC3)c2)cc1.CC(C)c1ccc(Oc2cccc(OCC3CCCCC3)c2)cc1.CC(C)c1ccc(Oc2cccc(OCCC3CCCCC3)c2)cc1.CC(C)c1ccc(Oc2cccc(OCc3ccccn3)c2)cc1.CCCCOc1cccc(Oc2ccc(C(C)C)cc2)c1. The molecule has 138 heavy (non-hydrogen) atoms. The summed E-state index contributed by atoms with van der Waals surface area (Å²) in [7, 11) is 0. The molecule has 0 spiro atoms. The molecule has 0 bridgehead atoms. The summed E-state index contributed by atoms with van der Waals surface area (Å²) in [5.41, 5.74) is 8.81. The van der Waals surface area contributed by atoms with Crippen LogP contribution in [0.3, 0.4) is 0 Å². The topological polar surface area (TPSA) is 124 Å². The summed E-state index contributed by atoms with van der Waals surface area (Å²) in [6.45, 7) is 37.1. The zero-order valence-electron chi connectivity index (χ0n) is 84.9. The second kappa shape index (κ2) is 58.2. The molecule has 0 atom stereocenters. The van der Waals surface area contributed by atoms with Gasteiger partial charge in [-0.1, -0.05) is 290 Å². The molecule has 0 amide bonds. The summed E-state index contributed by atoms with van der Waals surface area (Å²) in [6, 6.07) is 103. The number of hydrogen-bond donors (Lipinski definition) is 0. The lowest BCUT2D eigenvalue weighted by molar-refractivity contribution is 0.208. The molecule has 3 saturated carbocycles. The van der Waals surface area contributed by atoms with Crippen molar-refractivity contribution >= 4 is 0 Å². The van der Waals surface area contributed by atoms with Crippen molar-refractivity contribution in [3.63, 3.8) is 0 Å². The maximum Gasteiger partial charge on any atom is 0.131 e. The zero-order valence-corrected chi connectivity index (χ0v) is 84.9. The number of pyridine rings is 1. The lowest BCUT2D eigenvalue weighted by atomic mass is 9.87. The van der Waals surface area contributed by atoms with E-state index in [-0.39, 0.29) is 0 Å². The van der Waals surface area contributed by atoms with E-state index in [0.29, 0.717) is 60.6 Å². The highest BCUT2D eigenvalue weighted by Crippen LogP contribution is 2.37. The van der Waals surface area contributed by atoms with Crippen molar-refractivity contribution in [2.24, 2.45) is 23.7 Å². The van der Waals surface area contributed by atoms with Gasteiger partial charge in [0.2, 0.25) is 0 Å². The monoisotopic (exact) mass is 1860 g/mol. The zero-order chi connectivity index (χ0) is 97.4. The van der Waals surface area contributed by atoms with E-state index in [0.717, 1.165) is 160 Å². The maximum atomic E-state index is 5.99. The average molecular weight is 1860 g/mol. The highest BCUT2D eigenvalue weighted by Gasteiger charge is 2.19. The molecule has 12 aromatic carbocycles. The second-order valence-corrected chi connectivity index (χ2v) is 38.7. The fourth-order valence-corrected chi connectivity index (χ4v) is 16.1. The summed E-state index contributed by atoms with van der Waals surface area (Å²) < 4.78 is 70.6. The first-order valence-corrected chi connectivity index (χ1v) is 51.0. The van der Waals surface area contributed by atoms with E-state index < -0.39 is 0 Å². The molecule has 1 heterocycles. The highest BCUT2D eigenvalue weighted by atomic mass is 16.5. The predicted octanol–water partition coefficient (Wildman–Crippen LogP) is 36.7. The number of aromatic nitrogens is 1. The molecular weight excluding hydrogens is 1710 g/mol. The van der Waals surface area contributed by atoms with Crippen LogP contribution in [-0.4, -0.2) is 38.0 Å². The second-order valence-electron chi connectivity index (χ2n) is 38.7. The van der Waals surface area contributed by atoms with Crippen molar-refractivity contribution in [2.75, 3.05) is 33.0 Å².